The number of hydrogen-bond donors (Lipinski definition) is 2. The molecule has 0 spiro atoms. The first kappa shape index (κ1) is 17.4. The van der Waals surface area contributed by atoms with Crippen LogP contribution in [0.4, 0.5) is 0 Å². The lowest BCUT2D eigenvalue weighted by Crippen LogP contribution is -2.27. The summed E-state index contributed by atoms with van der Waals surface area (Å²) in [5, 5.41) is 11.5. The number of halogens is 1. The molecule has 0 radical (unpaired) electrons. The molecule has 0 heterocycles. The van der Waals surface area contributed by atoms with E-state index in [0.717, 1.165) is 13.0 Å². The van der Waals surface area contributed by atoms with Crippen LogP contribution in [0.2, 0.25) is 0 Å². The predicted octanol–water partition coefficient (Wildman–Crippen LogP) is 1.49. The molecule has 6 heteroatoms. The Morgan fingerprint density at radius 2 is 1.68 bits per heavy atom. The van der Waals surface area contributed by atoms with E-state index >= 15 is 0 Å². The van der Waals surface area contributed by atoms with Crippen molar-refractivity contribution in [1.29, 1.82) is 0 Å². The Bertz CT molecular complexity index is 418. The minimum absolute atomic E-state index is 0. The Balaban J connectivity index is 0.00000324. The number of carbonyl (C=O) groups excluding carboxylic acids is 1. The van der Waals surface area contributed by atoms with Gasteiger partial charge in [-0.15, -0.1) is 12.4 Å². The fraction of sp³-hybridized carbons (Fsp3) is 0.385. The van der Waals surface area contributed by atoms with Crippen molar-refractivity contribution in [1.82, 2.24) is 10.2 Å². The van der Waals surface area contributed by atoms with Crippen LogP contribution in [-0.2, 0) is 0 Å². The van der Waals surface area contributed by atoms with Crippen molar-refractivity contribution in [3.63, 3.8) is 0 Å². The molecule has 106 valence electrons. The number of carboxylic acids is 1. The van der Waals surface area contributed by atoms with E-state index < -0.39 is 5.97 Å². The molecule has 0 aliphatic rings. The number of carbonyl (C=O) groups is 2. The maximum absolute atomic E-state index is 11.7. The van der Waals surface area contributed by atoms with Gasteiger partial charge in [-0.05, 0) is 51.3 Å². The largest absolute Gasteiger partial charge is 0.478 e. The average Bonchev–Trinajstić information content (AvgIpc) is 2.34. The van der Waals surface area contributed by atoms with E-state index in [4.69, 9.17) is 5.11 Å². The van der Waals surface area contributed by atoms with E-state index in [1.165, 1.54) is 24.3 Å². The zero-order valence-corrected chi connectivity index (χ0v) is 11.9. The highest BCUT2D eigenvalue weighted by atomic mass is 35.5. The van der Waals surface area contributed by atoms with Crippen LogP contribution in [0.15, 0.2) is 24.3 Å². The van der Waals surface area contributed by atoms with Crippen LogP contribution in [0.1, 0.15) is 27.1 Å². The Labute approximate surface area is 119 Å². The third-order valence-corrected chi connectivity index (χ3v) is 2.46. The molecule has 0 aliphatic heterocycles. The highest BCUT2D eigenvalue weighted by Gasteiger charge is 2.07. The predicted molar refractivity (Wildman–Crippen MR) is 76.2 cm³/mol. The summed E-state index contributed by atoms with van der Waals surface area (Å²) in [5.41, 5.74) is 0.656. The third kappa shape index (κ3) is 6.22. The Morgan fingerprint density at radius 3 is 2.16 bits per heavy atom. The maximum Gasteiger partial charge on any atom is 0.335 e. The van der Waals surface area contributed by atoms with Crippen molar-refractivity contribution < 1.29 is 14.7 Å². The van der Waals surface area contributed by atoms with Crippen molar-refractivity contribution in [2.45, 2.75) is 6.42 Å². The Hall–Kier alpha value is -1.59. The van der Waals surface area contributed by atoms with Gasteiger partial charge in [-0.2, -0.15) is 0 Å². The van der Waals surface area contributed by atoms with Crippen LogP contribution < -0.4 is 5.32 Å². The molecule has 2 N–H and O–H groups in total. The standard InChI is InChI=1S/C13H18N2O3.ClH/c1-15(2)9-3-8-14-12(16)10-4-6-11(7-5-10)13(17)18;/h4-7H,3,8-9H2,1-2H3,(H,14,16)(H,17,18);1H. The lowest BCUT2D eigenvalue weighted by atomic mass is 10.1. The second-order valence-corrected chi connectivity index (χ2v) is 4.30. The molecule has 5 nitrogen and oxygen atoms in total. The third-order valence-electron chi connectivity index (χ3n) is 2.46. The summed E-state index contributed by atoms with van der Waals surface area (Å²) in [6, 6.07) is 5.89. The molecule has 0 saturated carbocycles. The summed E-state index contributed by atoms with van der Waals surface area (Å²) < 4.78 is 0. The lowest BCUT2D eigenvalue weighted by Gasteiger charge is -2.09. The second-order valence-electron chi connectivity index (χ2n) is 4.30. The van der Waals surface area contributed by atoms with Crippen LogP contribution in [0.5, 0.6) is 0 Å². The quantitative estimate of drug-likeness (QED) is 0.778. The van der Waals surface area contributed by atoms with Crippen LogP contribution in [0.25, 0.3) is 0 Å². The summed E-state index contributed by atoms with van der Waals surface area (Å²) in [7, 11) is 3.96. The summed E-state index contributed by atoms with van der Waals surface area (Å²) in [6.45, 7) is 1.52. The van der Waals surface area contributed by atoms with Gasteiger partial charge < -0.3 is 15.3 Å². The first-order valence-corrected chi connectivity index (χ1v) is 5.77. The topological polar surface area (TPSA) is 69.6 Å². The second kappa shape index (κ2) is 8.50. The number of rotatable bonds is 6. The first-order chi connectivity index (χ1) is 8.50. The first-order valence-electron chi connectivity index (χ1n) is 5.77. The number of hydrogen-bond acceptors (Lipinski definition) is 3. The normalized spacial score (nSPS) is 9.84. The highest BCUT2D eigenvalue weighted by Crippen LogP contribution is 2.04. The minimum atomic E-state index is -0.993. The molecule has 0 fully saturated rings. The number of nitrogens with zero attached hydrogens (tertiary/aromatic N) is 1. The van der Waals surface area contributed by atoms with Gasteiger partial charge in [-0.25, -0.2) is 4.79 Å². The SMILES string of the molecule is CN(C)CCCNC(=O)c1ccc(C(=O)O)cc1.Cl. The molecule has 0 unspecified atom stereocenters. The summed E-state index contributed by atoms with van der Waals surface area (Å²) in [4.78, 5) is 24.4. The molecular weight excluding hydrogens is 268 g/mol. The molecule has 0 bridgehead atoms. The summed E-state index contributed by atoms with van der Waals surface area (Å²) in [5.74, 6) is -1.17. The van der Waals surface area contributed by atoms with E-state index in [-0.39, 0.29) is 23.9 Å². The molecule has 1 aromatic rings. The van der Waals surface area contributed by atoms with Gasteiger partial charge in [0.2, 0.25) is 0 Å². The van der Waals surface area contributed by atoms with Gasteiger partial charge in [0.25, 0.3) is 5.91 Å². The zero-order chi connectivity index (χ0) is 13.5. The van der Waals surface area contributed by atoms with Gasteiger partial charge in [0.05, 0.1) is 5.56 Å². The van der Waals surface area contributed by atoms with Crippen molar-refractivity contribution in [3.05, 3.63) is 35.4 Å². The van der Waals surface area contributed by atoms with Gasteiger partial charge >= 0.3 is 5.97 Å². The molecule has 0 saturated heterocycles. The van der Waals surface area contributed by atoms with Crippen molar-refractivity contribution in [3.8, 4) is 0 Å². The van der Waals surface area contributed by atoms with Gasteiger partial charge in [0.15, 0.2) is 0 Å². The van der Waals surface area contributed by atoms with Gasteiger partial charge in [0, 0.05) is 12.1 Å². The van der Waals surface area contributed by atoms with Crippen LogP contribution in [-0.4, -0.2) is 49.1 Å². The number of benzene rings is 1. The molecule has 19 heavy (non-hydrogen) atoms. The number of nitrogens with one attached hydrogen (secondary N) is 1. The van der Waals surface area contributed by atoms with Gasteiger partial charge in [0.1, 0.15) is 0 Å². The van der Waals surface area contributed by atoms with E-state index in [9.17, 15) is 9.59 Å². The smallest absolute Gasteiger partial charge is 0.335 e. The number of carboxylic acid groups (broad SMARTS) is 1. The van der Waals surface area contributed by atoms with Crippen LogP contribution >= 0.6 is 12.4 Å². The molecular formula is C13H19ClN2O3. The van der Waals surface area contributed by atoms with Gasteiger partial charge in [-0.3, -0.25) is 4.79 Å². The molecule has 1 rings (SSSR count). The minimum Gasteiger partial charge on any atom is -0.478 e. The van der Waals surface area contributed by atoms with E-state index in [1.54, 1.807) is 0 Å². The fourth-order valence-corrected chi connectivity index (χ4v) is 1.46. The summed E-state index contributed by atoms with van der Waals surface area (Å²) in [6.07, 6.45) is 0.881. The van der Waals surface area contributed by atoms with Gasteiger partial charge in [-0.1, -0.05) is 0 Å². The molecule has 1 aromatic carbocycles. The maximum atomic E-state index is 11.7. The van der Waals surface area contributed by atoms with Crippen molar-refractivity contribution in [2.75, 3.05) is 27.2 Å². The lowest BCUT2D eigenvalue weighted by molar-refractivity contribution is 0.0696. The Morgan fingerprint density at radius 1 is 1.16 bits per heavy atom. The molecule has 0 atom stereocenters. The number of amides is 1. The van der Waals surface area contributed by atoms with E-state index in [0.29, 0.717) is 12.1 Å². The van der Waals surface area contributed by atoms with Crippen molar-refractivity contribution >= 4 is 24.3 Å². The molecule has 0 aromatic heterocycles. The molecule has 0 aliphatic carbocycles. The monoisotopic (exact) mass is 286 g/mol. The van der Waals surface area contributed by atoms with E-state index in [2.05, 4.69) is 5.32 Å². The fourth-order valence-electron chi connectivity index (χ4n) is 1.46. The molecule has 1 amide bonds. The highest BCUT2D eigenvalue weighted by molar-refractivity contribution is 5.95. The van der Waals surface area contributed by atoms with Crippen LogP contribution in [0.3, 0.4) is 0 Å². The summed E-state index contributed by atoms with van der Waals surface area (Å²) >= 11 is 0. The Kier molecular flexibility index (Phi) is 7.79. The zero-order valence-electron chi connectivity index (χ0n) is 11.0. The number of aromatic carboxylic acids is 1. The van der Waals surface area contributed by atoms with Crippen LogP contribution in [0, 0.1) is 0 Å². The average molecular weight is 287 g/mol. The van der Waals surface area contributed by atoms with Crippen molar-refractivity contribution in [2.24, 2.45) is 0 Å². The van der Waals surface area contributed by atoms with E-state index in [1.807, 2.05) is 19.0 Å².